The van der Waals surface area contributed by atoms with Gasteiger partial charge in [0.1, 0.15) is 0 Å². The molecule has 2 atom stereocenters. The van der Waals surface area contributed by atoms with Crippen LogP contribution in [-0.2, 0) is 6.42 Å². The van der Waals surface area contributed by atoms with Crippen LogP contribution in [0.15, 0.2) is 49.1 Å². The molecule has 2 heteroatoms. The summed E-state index contributed by atoms with van der Waals surface area (Å²) in [4.78, 5) is 4.24. The lowest BCUT2D eigenvalue weighted by atomic mass is 9.86. The van der Waals surface area contributed by atoms with Gasteiger partial charge in [0.15, 0.2) is 0 Å². The predicted octanol–water partition coefficient (Wildman–Crippen LogP) is 4.88. The van der Waals surface area contributed by atoms with Gasteiger partial charge in [-0.2, -0.15) is 0 Å². The van der Waals surface area contributed by atoms with Crippen LogP contribution in [0.5, 0.6) is 0 Å². The maximum Gasteiger partial charge on any atom is 0.0948 e. The van der Waals surface area contributed by atoms with Gasteiger partial charge in [-0.15, -0.1) is 0 Å². The molecular weight excluding hydrogens is 244 g/mol. The molecule has 0 N–H and O–H groups in total. The first-order valence-electron chi connectivity index (χ1n) is 7.86. The second kappa shape index (κ2) is 7.88. The summed E-state index contributed by atoms with van der Waals surface area (Å²) in [6.45, 7) is 4.56. The first-order valence-corrected chi connectivity index (χ1v) is 7.86. The fourth-order valence-corrected chi connectivity index (χ4v) is 3.11. The fourth-order valence-electron chi connectivity index (χ4n) is 3.11. The molecule has 2 aromatic rings. The van der Waals surface area contributed by atoms with Crippen LogP contribution < -0.4 is 0 Å². The minimum absolute atomic E-state index is 0.572. The zero-order chi connectivity index (χ0) is 14.2. The molecule has 0 fully saturated rings. The van der Waals surface area contributed by atoms with Gasteiger partial charge in [0.2, 0.25) is 0 Å². The lowest BCUT2D eigenvalue weighted by molar-refractivity contribution is 0.286. The lowest BCUT2D eigenvalue weighted by Crippen LogP contribution is -2.20. The molecule has 2 nitrogen and oxygen atoms in total. The highest BCUT2D eigenvalue weighted by molar-refractivity contribution is 5.15. The topological polar surface area (TPSA) is 17.8 Å². The number of nitrogens with zero attached hydrogens (tertiary/aromatic N) is 2. The number of hydrogen-bond donors (Lipinski definition) is 0. The summed E-state index contributed by atoms with van der Waals surface area (Å²) in [6, 6.07) is 11.5. The highest BCUT2D eigenvalue weighted by atomic mass is 15.1. The molecule has 1 heterocycles. The number of rotatable bonds is 8. The molecule has 0 aliphatic heterocycles. The van der Waals surface area contributed by atoms with E-state index in [0.717, 1.165) is 6.42 Å². The quantitative estimate of drug-likeness (QED) is 0.668. The van der Waals surface area contributed by atoms with Crippen LogP contribution >= 0.6 is 0 Å². The number of aromatic nitrogens is 2. The van der Waals surface area contributed by atoms with Gasteiger partial charge in [-0.1, -0.05) is 57.0 Å². The van der Waals surface area contributed by atoms with Gasteiger partial charge in [0.25, 0.3) is 0 Å². The van der Waals surface area contributed by atoms with E-state index < -0.39 is 0 Å². The Morgan fingerprint density at radius 3 is 2.40 bits per heavy atom. The SMILES string of the molecule is CCCC(Cc1ccccc1)C(CCC)n1ccnc1. The van der Waals surface area contributed by atoms with Crippen molar-refractivity contribution in [1.29, 1.82) is 0 Å². The third kappa shape index (κ3) is 3.96. The predicted molar refractivity (Wildman–Crippen MR) is 84.7 cm³/mol. The van der Waals surface area contributed by atoms with E-state index in [1.54, 1.807) is 0 Å². The Morgan fingerprint density at radius 2 is 1.80 bits per heavy atom. The maximum absolute atomic E-state index is 4.24. The minimum atomic E-state index is 0.572. The number of imidazole rings is 1. The van der Waals surface area contributed by atoms with Crippen molar-refractivity contribution in [2.45, 2.75) is 52.0 Å². The van der Waals surface area contributed by atoms with Crippen molar-refractivity contribution >= 4 is 0 Å². The molecule has 0 radical (unpaired) electrons. The normalized spacial score (nSPS) is 14.1. The van der Waals surface area contributed by atoms with Gasteiger partial charge in [0, 0.05) is 18.4 Å². The Hall–Kier alpha value is -1.57. The Kier molecular flexibility index (Phi) is 5.85. The van der Waals surface area contributed by atoms with Crippen molar-refractivity contribution in [2.75, 3.05) is 0 Å². The Labute approximate surface area is 122 Å². The molecular formula is C18H26N2. The maximum atomic E-state index is 4.24. The Bertz CT molecular complexity index is 461. The number of benzene rings is 1. The van der Waals surface area contributed by atoms with Crippen LogP contribution in [0.4, 0.5) is 0 Å². The molecule has 0 amide bonds. The van der Waals surface area contributed by atoms with Gasteiger partial charge in [-0.3, -0.25) is 0 Å². The molecule has 1 aromatic heterocycles. The summed E-state index contributed by atoms with van der Waals surface area (Å²) in [6.07, 6.45) is 12.1. The van der Waals surface area contributed by atoms with Crippen molar-refractivity contribution in [3.63, 3.8) is 0 Å². The van der Waals surface area contributed by atoms with Crippen molar-refractivity contribution < 1.29 is 0 Å². The lowest BCUT2D eigenvalue weighted by Gasteiger charge is -2.28. The minimum Gasteiger partial charge on any atom is -0.334 e. The fraction of sp³-hybridized carbons (Fsp3) is 0.500. The molecule has 2 unspecified atom stereocenters. The summed E-state index contributed by atoms with van der Waals surface area (Å²) in [5.74, 6) is 0.691. The first-order chi connectivity index (χ1) is 9.85. The van der Waals surface area contributed by atoms with Crippen LogP contribution in [0.1, 0.15) is 51.1 Å². The molecule has 0 saturated heterocycles. The van der Waals surface area contributed by atoms with Gasteiger partial charge < -0.3 is 4.57 Å². The smallest absolute Gasteiger partial charge is 0.0948 e. The molecule has 0 bridgehead atoms. The average Bonchev–Trinajstić information content (AvgIpc) is 2.99. The standard InChI is InChI=1S/C18H26N2/c1-3-8-17(14-16-10-6-5-7-11-16)18(9-4-2)20-13-12-19-15-20/h5-7,10-13,15,17-18H,3-4,8-9,14H2,1-2H3. The van der Waals surface area contributed by atoms with E-state index in [2.05, 4.69) is 59.9 Å². The van der Waals surface area contributed by atoms with E-state index in [1.165, 1.54) is 31.2 Å². The molecule has 0 aliphatic rings. The Balaban J connectivity index is 2.16. The van der Waals surface area contributed by atoms with Crippen LogP contribution in [0.2, 0.25) is 0 Å². The monoisotopic (exact) mass is 270 g/mol. The Morgan fingerprint density at radius 1 is 1.05 bits per heavy atom. The molecule has 0 saturated carbocycles. The van der Waals surface area contributed by atoms with Gasteiger partial charge in [-0.25, -0.2) is 4.98 Å². The molecule has 0 spiro atoms. The van der Waals surface area contributed by atoms with E-state index in [0.29, 0.717) is 12.0 Å². The van der Waals surface area contributed by atoms with Crippen LogP contribution in [0.3, 0.4) is 0 Å². The summed E-state index contributed by atoms with van der Waals surface area (Å²) >= 11 is 0. The second-order valence-corrected chi connectivity index (χ2v) is 5.60. The molecule has 108 valence electrons. The van der Waals surface area contributed by atoms with Crippen LogP contribution in [0.25, 0.3) is 0 Å². The largest absolute Gasteiger partial charge is 0.334 e. The van der Waals surface area contributed by atoms with E-state index in [-0.39, 0.29) is 0 Å². The van der Waals surface area contributed by atoms with Crippen molar-refractivity contribution in [3.05, 3.63) is 54.6 Å². The zero-order valence-corrected chi connectivity index (χ0v) is 12.7. The molecule has 0 aliphatic carbocycles. The van der Waals surface area contributed by atoms with Crippen molar-refractivity contribution in [2.24, 2.45) is 5.92 Å². The highest BCUT2D eigenvalue weighted by Gasteiger charge is 2.21. The highest BCUT2D eigenvalue weighted by Crippen LogP contribution is 2.30. The van der Waals surface area contributed by atoms with E-state index >= 15 is 0 Å². The van der Waals surface area contributed by atoms with E-state index in [4.69, 9.17) is 0 Å². The average molecular weight is 270 g/mol. The molecule has 2 rings (SSSR count). The third-order valence-electron chi connectivity index (χ3n) is 4.04. The summed E-state index contributed by atoms with van der Waals surface area (Å²) in [5, 5.41) is 0. The van der Waals surface area contributed by atoms with Gasteiger partial charge in [0.05, 0.1) is 6.33 Å². The van der Waals surface area contributed by atoms with Crippen LogP contribution in [0, 0.1) is 5.92 Å². The van der Waals surface area contributed by atoms with Crippen molar-refractivity contribution in [3.8, 4) is 0 Å². The molecule has 1 aromatic carbocycles. The van der Waals surface area contributed by atoms with Gasteiger partial charge >= 0.3 is 0 Å². The first kappa shape index (κ1) is 14.8. The number of hydrogen-bond acceptors (Lipinski definition) is 1. The van der Waals surface area contributed by atoms with E-state index in [9.17, 15) is 0 Å². The third-order valence-corrected chi connectivity index (χ3v) is 4.04. The molecule has 20 heavy (non-hydrogen) atoms. The zero-order valence-electron chi connectivity index (χ0n) is 12.7. The summed E-state index contributed by atoms with van der Waals surface area (Å²) < 4.78 is 2.31. The van der Waals surface area contributed by atoms with Crippen molar-refractivity contribution in [1.82, 2.24) is 9.55 Å². The second-order valence-electron chi connectivity index (χ2n) is 5.60. The van der Waals surface area contributed by atoms with E-state index in [1.807, 2.05) is 12.5 Å². The van der Waals surface area contributed by atoms with Gasteiger partial charge in [-0.05, 0) is 30.7 Å². The summed E-state index contributed by atoms with van der Waals surface area (Å²) in [7, 11) is 0. The van der Waals surface area contributed by atoms with Crippen LogP contribution in [-0.4, -0.2) is 9.55 Å². The summed E-state index contributed by atoms with van der Waals surface area (Å²) in [5.41, 5.74) is 1.45.